The van der Waals surface area contributed by atoms with E-state index in [1.807, 2.05) is 31.2 Å². The zero-order chi connectivity index (χ0) is 16.2. The van der Waals surface area contributed by atoms with Gasteiger partial charge in [0.2, 0.25) is 0 Å². The molecule has 1 N–H and O–H groups in total. The first-order chi connectivity index (χ1) is 10.4. The van der Waals surface area contributed by atoms with Crippen LogP contribution in [0.3, 0.4) is 0 Å². The zero-order valence-corrected chi connectivity index (χ0v) is 14.9. The van der Waals surface area contributed by atoms with Crippen LogP contribution < -0.4 is 5.32 Å². The van der Waals surface area contributed by atoms with Gasteiger partial charge in [0.25, 0.3) is 5.91 Å². The van der Waals surface area contributed by atoms with Crippen LogP contribution in [0.1, 0.15) is 35.3 Å². The van der Waals surface area contributed by atoms with E-state index in [2.05, 4.69) is 59.4 Å². The Balaban J connectivity index is 1.94. The highest BCUT2D eigenvalue weighted by Crippen LogP contribution is 2.22. The molecule has 0 bridgehead atoms. The van der Waals surface area contributed by atoms with Crippen molar-refractivity contribution >= 4 is 21.8 Å². The maximum atomic E-state index is 12.2. The summed E-state index contributed by atoms with van der Waals surface area (Å²) in [6.45, 7) is 6.99. The van der Waals surface area contributed by atoms with Crippen LogP contribution in [-0.4, -0.2) is 12.5 Å². The van der Waals surface area contributed by atoms with Gasteiger partial charge in [-0.2, -0.15) is 0 Å². The number of rotatable bonds is 5. The molecule has 0 aliphatic rings. The highest BCUT2D eigenvalue weighted by molar-refractivity contribution is 9.10. The predicted molar refractivity (Wildman–Crippen MR) is 95.1 cm³/mol. The third-order valence-corrected chi connectivity index (χ3v) is 4.13. The number of benzene rings is 2. The Morgan fingerprint density at radius 3 is 2.45 bits per heavy atom. The van der Waals surface area contributed by atoms with E-state index in [9.17, 15) is 4.79 Å². The molecule has 22 heavy (non-hydrogen) atoms. The quantitative estimate of drug-likeness (QED) is 0.819. The van der Waals surface area contributed by atoms with E-state index in [0.717, 1.165) is 22.0 Å². The minimum atomic E-state index is -0.00687. The number of amides is 1. The van der Waals surface area contributed by atoms with Gasteiger partial charge < -0.3 is 5.32 Å². The molecule has 0 aromatic heterocycles. The van der Waals surface area contributed by atoms with E-state index < -0.39 is 0 Å². The summed E-state index contributed by atoms with van der Waals surface area (Å²) in [6.07, 6.45) is 0.925. The molecule has 0 spiro atoms. The second-order valence-electron chi connectivity index (χ2n) is 6.52. The lowest BCUT2D eigenvalue weighted by Gasteiger charge is -2.25. The van der Waals surface area contributed by atoms with Gasteiger partial charge in [-0.25, -0.2) is 0 Å². The van der Waals surface area contributed by atoms with Gasteiger partial charge in [0.15, 0.2) is 0 Å². The Labute approximate surface area is 141 Å². The van der Waals surface area contributed by atoms with Crippen molar-refractivity contribution in [2.75, 3.05) is 6.54 Å². The van der Waals surface area contributed by atoms with E-state index in [1.54, 1.807) is 0 Å². The number of hydrogen-bond donors (Lipinski definition) is 1. The first-order valence-electron chi connectivity index (χ1n) is 7.45. The minimum absolute atomic E-state index is 0.00687. The molecule has 2 aromatic rings. The highest BCUT2D eigenvalue weighted by Gasteiger charge is 2.20. The summed E-state index contributed by atoms with van der Waals surface area (Å²) >= 11 is 3.45. The molecule has 0 radical (unpaired) electrons. The number of aryl methyl sites for hydroxylation is 1. The van der Waals surface area contributed by atoms with Gasteiger partial charge >= 0.3 is 0 Å². The lowest BCUT2D eigenvalue weighted by Crippen LogP contribution is -2.35. The van der Waals surface area contributed by atoms with Crippen LogP contribution >= 0.6 is 15.9 Å². The first kappa shape index (κ1) is 16.8. The average molecular weight is 360 g/mol. The molecule has 0 fully saturated rings. The molecule has 0 aliphatic carbocycles. The van der Waals surface area contributed by atoms with Gasteiger partial charge in [0.05, 0.1) is 0 Å². The number of carbonyl (C=O) groups excluding carboxylic acids is 1. The second kappa shape index (κ2) is 7.10. The fourth-order valence-electron chi connectivity index (χ4n) is 2.43. The van der Waals surface area contributed by atoms with Crippen molar-refractivity contribution in [2.45, 2.75) is 27.2 Å². The monoisotopic (exact) mass is 359 g/mol. The molecule has 2 rings (SSSR count). The molecule has 2 aromatic carbocycles. The zero-order valence-electron chi connectivity index (χ0n) is 13.3. The molecule has 0 atom stereocenters. The van der Waals surface area contributed by atoms with E-state index in [1.165, 1.54) is 5.56 Å². The SMILES string of the molecule is Cc1cccc(C(=O)NCC(C)(C)Cc2ccc(Br)cc2)c1. The van der Waals surface area contributed by atoms with Crippen LogP contribution in [-0.2, 0) is 6.42 Å². The van der Waals surface area contributed by atoms with Crippen molar-refractivity contribution in [3.8, 4) is 0 Å². The molecule has 0 unspecified atom stereocenters. The van der Waals surface area contributed by atoms with Crippen LogP contribution in [0.4, 0.5) is 0 Å². The van der Waals surface area contributed by atoms with Crippen molar-refractivity contribution in [1.29, 1.82) is 0 Å². The lowest BCUT2D eigenvalue weighted by molar-refractivity contribution is 0.0936. The number of hydrogen-bond acceptors (Lipinski definition) is 1. The van der Waals surface area contributed by atoms with Crippen LogP contribution in [0.5, 0.6) is 0 Å². The van der Waals surface area contributed by atoms with E-state index in [4.69, 9.17) is 0 Å². The molecule has 3 heteroatoms. The van der Waals surface area contributed by atoms with Crippen LogP contribution in [0.25, 0.3) is 0 Å². The molecule has 0 saturated heterocycles. The lowest BCUT2D eigenvalue weighted by atomic mass is 9.85. The topological polar surface area (TPSA) is 29.1 Å². The van der Waals surface area contributed by atoms with E-state index >= 15 is 0 Å². The van der Waals surface area contributed by atoms with E-state index in [-0.39, 0.29) is 11.3 Å². The number of carbonyl (C=O) groups is 1. The van der Waals surface area contributed by atoms with Crippen LogP contribution in [0.2, 0.25) is 0 Å². The van der Waals surface area contributed by atoms with Crippen LogP contribution in [0.15, 0.2) is 53.0 Å². The maximum Gasteiger partial charge on any atom is 0.251 e. The van der Waals surface area contributed by atoms with Crippen molar-refractivity contribution in [1.82, 2.24) is 5.32 Å². The van der Waals surface area contributed by atoms with Crippen molar-refractivity contribution in [3.05, 3.63) is 69.7 Å². The van der Waals surface area contributed by atoms with Gasteiger partial charge in [-0.05, 0) is 48.6 Å². The fourth-order valence-corrected chi connectivity index (χ4v) is 2.69. The van der Waals surface area contributed by atoms with Gasteiger partial charge in [-0.3, -0.25) is 4.79 Å². The predicted octanol–water partition coefficient (Wildman–Crippen LogP) is 4.76. The Morgan fingerprint density at radius 1 is 1.14 bits per heavy atom. The summed E-state index contributed by atoms with van der Waals surface area (Å²) in [7, 11) is 0. The Kier molecular flexibility index (Phi) is 5.41. The molecular weight excluding hydrogens is 338 g/mol. The standard InChI is InChI=1S/C19H22BrNO/c1-14-5-4-6-16(11-14)18(22)21-13-19(2,3)12-15-7-9-17(20)10-8-15/h4-11H,12-13H2,1-3H3,(H,21,22). The molecule has 0 saturated carbocycles. The fraction of sp³-hybridized carbons (Fsp3) is 0.316. The summed E-state index contributed by atoms with van der Waals surface area (Å²) in [4.78, 5) is 12.2. The molecule has 116 valence electrons. The van der Waals surface area contributed by atoms with Gasteiger partial charge in [-0.1, -0.05) is 59.6 Å². The summed E-state index contributed by atoms with van der Waals surface area (Å²) < 4.78 is 1.09. The third-order valence-electron chi connectivity index (χ3n) is 3.60. The molecule has 1 amide bonds. The third kappa shape index (κ3) is 4.99. The Morgan fingerprint density at radius 2 is 1.82 bits per heavy atom. The summed E-state index contributed by atoms with van der Waals surface area (Å²) in [5, 5.41) is 3.05. The smallest absolute Gasteiger partial charge is 0.251 e. The van der Waals surface area contributed by atoms with Crippen LogP contribution in [0, 0.1) is 12.3 Å². The van der Waals surface area contributed by atoms with Crippen molar-refractivity contribution in [3.63, 3.8) is 0 Å². The van der Waals surface area contributed by atoms with Gasteiger partial charge in [0, 0.05) is 16.6 Å². The summed E-state index contributed by atoms with van der Waals surface area (Å²) in [5.74, 6) is -0.00687. The normalized spacial score (nSPS) is 11.3. The Hall–Kier alpha value is -1.61. The average Bonchev–Trinajstić information content (AvgIpc) is 2.47. The highest BCUT2D eigenvalue weighted by atomic mass is 79.9. The summed E-state index contributed by atoms with van der Waals surface area (Å²) in [5.41, 5.74) is 3.10. The van der Waals surface area contributed by atoms with Crippen molar-refractivity contribution < 1.29 is 4.79 Å². The van der Waals surface area contributed by atoms with Gasteiger partial charge in [0.1, 0.15) is 0 Å². The second-order valence-corrected chi connectivity index (χ2v) is 7.44. The molecule has 0 aliphatic heterocycles. The summed E-state index contributed by atoms with van der Waals surface area (Å²) in [6, 6.07) is 16.0. The molecule has 2 nitrogen and oxygen atoms in total. The van der Waals surface area contributed by atoms with Crippen molar-refractivity contribution in [2.24, 2.45) is 5.41 Å². The first-order valence-corrected chi connectivity index (χ1v) is 8.24. The van der Waals surface area contributed by atoms with Gasteiger partial charge in [-0.15, -0.1) is 0 Å². The largest absolute Gasteiger partial charge is 0.351 e. The van der Waals surface area contributed by atoms with E-state index in [0.29, 0.717) is 6.54 Å². The minimum Gasteiger partial charge on any atom is -0.351 e. The Bertz CT molecular complexity index is 647. The number of halogens is 1. The number of nitrogens with one attached hydrogen (secondary N) is 1. The maximum absolute atomic E-state index is 12.2. The molecule has 0 heterocycles. The molecular formula is C19H22BrNO.